The average Bonchev–Trinajstić information content (AvgIpc) is 2.87. The van der Waals surface area contributed by atoms with Crippen LogP contribution in [0.1, 0.15) is 58.4 Å². The number of hydrogen-bond donors (Lipinski definition) is 1. The van der Waals surface area contributed by atoms with Crippen LogP contribution in [0.2, 0.25) is 0 Å². The molecule has 1 heterocycles. The Kier molecular flexibility index (Phi) is 11.2. The maximum absolute atomic E-state index is 13.4. The molecule has 2 aromatic rings. The van der Waals surface area contributed by atoms with E-state index in [9.17, 15) is 14.4 Å². The van der Waals surface area contributed by atoms with Gasteiger partial charge >= 0.3 is 6.03 Å². The molecule has 1 fully saturated rings. The molecule has 38 heavy (non-hydrogen) atoms. The number of halogens is 2. The van der Waals surface area contributed by atoms with Crippen molar-refractivity contribution in [1.82, 2.24) is 5.32 Å². The third-order valence-electron chi connectivity index (χ3n) is 5.62. The number of amides is 4. The number of carbonyl (C=O) groups is 3. The molecular weight excluding hydrogens is 620 g/mol. The first-order valence-electron chi connectivity index (χ1n) is 12.7. The Labute approximate surface area is 240 Å². The number of ether oxygens (including phenoxy) is 3. The minimum absolute atomic E-state index is 0.180. The summed E-state index contributed by atoms with van der Waals surface area (Å²) in [7, 11) is 0. The van der Waals surface area contributed by atoms with Crippen LogP contribution in [-0.4, -0.2) is 37.7 Å². The van der Waals surface area contributed by atoms with Crippen molar-refractivity contribution in [3.8, 4) is 17.2 Å². The lowest BCUT2D eigenvalue weighted by atomic mass is 10.1. The summed E-state index contributed by atoms with van der Waals surface area (Å²) in [5.41, 5.74) is 0.654. The molecule has 0 saturated carbocycles. The third kappa shape index (κ3) is 7.38. The summed E-state index contributed by atoms with van der Waals surface area (Å²) in [4.78, 5) is 39.7. The molecule has 3 rings (SSSR count). The summed E-state index contributed by atoms with van der Waals surface area (Å²) in [5.74, 6) is 0.0458. The van der Waals surface area contributed by atoms with Gasteiger partial charge in [0.15, 0.2) is 11.5 Å². The predicted octanol–water partition coefficient (Wildman–Crippen LogP) is 7.02. The van der Waals surface area contributed by atoms with Gasteiger partial charge in [0.2, 0.25) is 0 Å². The van der Waals surface area contributed by atoms with Crippen molar-refractivity contribution >= 4 is 61.5 Å². The summed E-state index contributed by atoms with van der Waals surface area (Å²) in [5, 5.41) is 2.25. The number of urea groups is 1. The Morgan fingerprint density at radius 3 is 2.24 bits per heavy atom. The average molecular weight is 652 g/mol. The smallest absolute Gasteiger partial charge is 0.335 e. The maximum atomic E-state index is 13.4. The number of carbonyl (C=O) groups excluding carboxylic acids is 3. The zero-order chi connectivity index (χ0) is 27.7. The molecular formula is C28H32Br2N2O6. The molecule has 0 bridgehead atoms. The zero-order valence-electron chi connectivity index (χ0n) is 21.8. The van der Waals surface area contributed by atoms with Crippen LogP contribution < -0.4 is 24.4 Å². The summed E-state index contributed by atoms with van der Waals surface area (Å²) in [6.45, 7) is 7.43. The van der Waals surface area contributed by atoms with E-state index in [2.05, 4.69) is 44.1 Å². The molecule has 2 aromatic carbocycles. The Bertz CT molecular complexity index is 1190. The fraction of sp³-hybridized carbons (Fsp3) is 0.393. The first-order valence-corrected chi connectivity index (χ1v) is 14.3. The number of imide groups is 2. The highest BCUT2D eigenvalue weighted by Gasteiger charge is 2.37. The molecule has 0 spiro atoms. The Morgan fingerprint density at radius 1 is 0.842 bits per heavy atom. The SMILES string of the molecule is CCCCCCOc1c(Br)cc(/C=C2\C(=O)NC(=O)N(c3ccc(OCCC)c(OCC)c3)C2=O)cc1Br. The predicted molar refractivity (Wildman–Crippen MR) is 154 cm³/mol. The first kappa shape index (κ1) is 29.7. The summed E-state index contributed by atoms with van der Waals surface area (Å²) >= 11 is 7.04. The number of benzene rings is 2. The van der Waals surface area contributed by atoms with Gasteiger partial charge in [-0.1, -0.05) is 33.1 Å². The molecule has 0 aromatic heterocycles. The Hall–Kier alpha value is -2.85. The lowest BCUT2D eigenvalue weighted by Crippen LogP contribution is -2.54. The van der Waals surface area contributed by atoms with Crippen LogP contribution in [0.25, 0.3) is 6.08 Å². The van der Waals surface area contributed by atoms with Gasteiger partial charge in [-0.3, -0.25) is 14.9 Å². The summed E-state index contributed by atoms with van der Waals surface area (Å²) in [6.07, 6.45) is 6.63. The molecule has 8 nitrogen and oxygen atoms in total. The van der Waals surface area contributed by atoms with Crippen LogP contribution in [0.5, 0.6) is 17.2 Å². The van der Waals surface area contributed by atoms with Gasteiger partial charge in [0.05, 0.1) is 34.5 Å². The highest BCUT2D eigenvalue weighted by molar-refractivity contribution is 9.11. The van der Waals surface area contributed by atoms with Crippen molar-refractivity contribution in [3.05, 3.63) is 50.4 Å². The molecule has 0 unspecified atom stereocenters. The topological polar surface area (TPSA) is 94.2 Å². The fourth-order valence-electron chi connectivity index (χ4n) is 3.80. The van der Waals surface area contributed by atoms with Crippen LogP contribution in [-0.2, 0) is 9.59 Å². The van der Waals surface area contributed by atoms with Gasteiger partial charge in [-0.25, -0.2) is 9.69 Å². The number of unbranched alkanes of at least 4 members (excludes halogenated alkanes) is 3. The molecule has 1 aliphatic heterocycles. The third-order valence-corrected chi connectivity index (χ3v) is 6.80. The van der Waals surface area contributed by atoms with Crippen LogP contribution >= 0.6 is 31.9 Å². The largest absolute Gasteiger partial charge is 0.491 e. The van der Waals surface area contributed by atoms with Crippen molar-refractivity contribution in [2.75, 3.05) is 24.7 Å². The van der Waals surface area contributed by atoms with E-state index in [-0.39, 0.29) is 11.3 Å². The molecule has 1 N–H and O–H groups in total. The van der Waals surface area contributed by atoms with Gasteiger partial charge in [0, 0.05) is 6.07 Å². The van der Waals surface area contributed by atoms with Crippen molar-refractivity contribution in [2.45, 2.75) is 52.9 Å². The van der Waals surface area contributed by atoms with Gasteiger partial charge in [-0.15, -0.1) is 0 Å². The number of nitrogens with zero attached hydrogens (tertiary/aromatic N) is 1. The highest BCUT2D eigenvalue weighted by Crippen LogP contribution is 2.37. The second-order valence-corrected chi connectivity index (χ2v) is 10.3. The standard InChI is InChI=1S/C28H32Br2N2O6/c1-4-7-8-9-13-38-25-21(29)15-18(16-22(25)30)14-20-26(33)31-28(35)32(27(20)34)19-10-11-23(37-12-5-2)24(17-19)36-6-3/h10-11,14-17H,4-9,12-13H2,1-3H3,(H,31,33,35)/b20-14+. The number of hydrogen-bond acceptors (Lipinski definition) is 6. The van der Waals surface area contributed by atoms with Crippen molar-refractivity contribution < 1.29 is 28.6 Å². The van der Waals surface area contributed by atoms with Crippen LogP contribution in [0.15, 0.2) is 44.9 Å². The molecule has 4 amide bonds. The highest BCUT2D eigenvalue weighted by atomic mass is 79.9. The van der Waals surface area contributed by atoms with E-state index < -0.39 is 17.8 Å². The second kappa shape index (κ2) is 14.3. The Balaban J connectivity index is 1.87. The summed E-state index contributed by atoms with van der Waals surface area (Å²) < 4.78 is 18.6. The van der Waals surface area contributed by atoms with E-state index in [0.29, 0.717) is 51.6 Å². The minimum Gasteiger partial charge on any atom is -0.491 e. The van der Waals surface area contributed by atoms with Crippen LogP contribution in [0, 0.1) is 0 Å². The lowest BCUT2D eigenvalue weighted by Gasteiger charge is -2.27. The van der Waals surface area contributed by atoms with Gasteiger partial charge < -0.3 is 14.2 Å². The van der Waals surface area contributed by atoms with E-state index in [1.165, 1.54) is 6.08 Å². The number of nitrogens with one attached hydrogen (secondary N) is 1. The van der Waals surface area contributed by atoms with Crippen LogP contribution in [0.4, 0.5) is 10.5 Å². The second-order valence-electron chi connectivity index (χ2n) is 8.59. The van der Waals surface area contributed by atoms with Crippen molar-refractivity contribution in [1.29, 1.82) is 0 Å². The monoisotopic (exact) mass is 650 g/mol. The quantitative estimate of drug-likeness (QED) is 0.142. The molecule has 0 aliphatic carbocycles. The van der Waals surface area contributed by atoms with Gasteiger partial charge in [-0.05, 0) is 87.5 Å². The minimum atomic E-state index is -0.837. The maximum Gasteiger partial charge on any atom is 0.335 e. The molecule has 0 atom stereocenters. The van der Waals surface area contributed by atoms with Crippen LogP contribution in [0.3, 0.4) is 0 Å². The normalized spacial score (nSPS) is 14.6. The van der Waals surface area contributed by atoms with E-state index in [4.69, 9.17) is 14.2 Å². The molecule has 204 valence electrons. The van der Waals surface area contributed by atoms with Gasteiger partial charge in [0.25, 0.3) is 11.8 Å². The molecule has 10 heteroatoms. The zero-order valence-corrected chi connectivity index (χ0v) is 24.9. The Morgan fingerprint density at radius 2 is 1.58 bits per heavy atom. The van der Waals surface area contributed by atoms with E-state index in [0.717, 1.165) is 37.0 Å². The van der Waals surface area contributed by atoms with E-state index >= 15 is 0 Å². The van der Waals surface area contributed by atoms with E-state index in [1.807, 2.05) is 13.8 Å². The van der Waals surface area contributed by atoms with E-state index in [1.54, 1.807) is 30.3 Å². The van der Waals surface area contributed by atoms with Crippen molar-refractivity contribution in [2.24, 2.45) is 0 Å². The molecule has 1 aliphatic rings. The van der Waals surface area contributed by atoms with Gasteiger partial charge in [0.1, 0.15) is 11.3 Å². The summed E-state index contributed by atoms with van der Waals surface area (Å²) in [6, 6.07) is 7.46. The number of anilines is 1. The lowest BCUT2D eigenvalue weighted by molar-refractivity contribution is -0.122. The van der Waals surface area contributed by atoms with Crippen molar-refractivity contribution in [3.63, 3.8) is 0 Å². The number of barbiturate groups is 1. The first-order chi connectivity index (χ1) is 18.3. The van der Waals surface area contributed by atoms with Gasteiger partial charge in [-0.2, -0.15) is 0 Å². The molecule has 1 saturated heterocycles. The number of rotatable bonds is 13. The fourth-order valence-corrected chi connectivity index (χ4v) is 5.25. The molecule has 0 radical (unpaired) electrons.